The van der Waals surface area contributed by atoms with Gasteiger partial charge >= 0.3 is 5.97 Å². The maximum absolute atomic E-state index is 13.1. The Hall–Kier alpha value is -1.49. The number of hydrogen-bond acceptors (Lipinski definition) is 3. The van der Waals surface area contributed by atoms with E-state index >= 15 is 0 Å². The number of nitrogens with one attached hydrogen (secondary N) is 1. The van der Waals surface area contributed by atoms with E-state index in [0.717, 1.165) is 12.1 Å². The first kappa shape index (κ1) is 14.6. The lowest BCUT2D eigenvalue weighted by Crippen LogP contribution is -2.48. The molecular weight excluding hydrogens is 240 g/mol. The lowest BCUT2D eigenvalue weighted by atomic mass is 10.0. The molecule has 1 rings (SSSR count). The van der Waals surface area contributed by atoms with E-state index in [4.69, 9.17) is 0 Å². The van der Waals surface area contributed by atoms with Crippen molar-refractivity contribution in [2.24, 2.45) is 0 Å². The SMILES string of the molecule is COC(=O)C(C)(C)NC(C)c1ccc(F)c(F)c1. The van der Waals surface area contributed by atoms with Gasteiger partial charge in [0.2, 0.25) is 0 Å². The summed E-state index contributed by atoms with van der Waals surface area (Å²) in [7, 11) is 1.30. The highest BCUT2D eigenvalue weighted by Gasteiger charge is 2.30. The molecule has 0 saturated heterocycles. The van der Waals surface area contributed by atoms with Gasteiger partial charge < -0.3 is 4.74 Å². The molecular formula is C13H17F2NO2. The van der Waals surface area contributed by atoms with Crippen LogP contribution in [0.2, 0.25) is 0 Å². The topological polar surface area (TPSA) is 38.3 Å². The third-order valence-electron chi connectivity index (χ3n) is 2.72. The number of rotatable bonds is 4. The fourth-order valence-corrected chi connectivity index (χ4v) is 1.72. The third-order valence-corrected chi connectivity index (χ3v) is 2.72. The second-order valence-corrected chi connectivity index (χ2v) is 4.66. The molecule has 1 atom stereocenters. The van der Waals surface area contributed by atoms with Crippen LogP contribution in [-0.2, 0) is 9.53 Å². The van der Waals surface area contributed by atoms with Gasteiger partial charge in [0.25, 0.3) is 0 Å². The summed E-state index contributed by atoms with van der Waals surface area (Å²) >= 11 is 0. The first-order valence-electron chi connectivity index (χ1n) is 5.59. The molecule has 1 N–H and O–H groups in total. The number of esters is 1. The lowest BCUT2D eigenvalue weighted by Gasteiger charge is -2.27. The van der Waals surface area contributed by atoms with Gasteiger partial charge in [-0.1, -0.05) is 6.07 Å². The Bertz CT molecular complexity index is 447. The Labute approximate surface area is 105 Å². The number of methoxy groups -OCH3 is 1. The Morgan fingerprint density at radius 1 is 1.33 bits per heavy atom. The summed E-state index contributed by atoms with van der Waals surface area (Å²) in [5, 5.41) is 3.01. The van der Waals surface area contributed by atoms with Crippen molar-refractivity contribution >= 4 is 5.97 Å². The van der Waals surface area contributed by atoms with Gasteiger partial charge in [0.15, 0.2) is 11.6 Å². The van der Waals surface area contributed by atoms with Crippen molar-refractivity contribution in [3.05, 3.63) is 35.4 Å². The fraction of sp³-hybridized carbons (Fsp3) is 0.462. The second kappa shape index (κ2) is 5.44. The average molecular weight is 257 g/mol. The average Bonchev–Trinajstić information content (AvgIpc) is 2.30. The van der Waals surface area contributed by atoms with Gasteiger partial charge in [0.1, 0.15) is 5.54 Å². The summed E-state index contributed by atoms with van der Waals surface area (Å²) in [6.45, 7) is 5.09. The Morgan fingerprint density at radius 2 is 1.94 bits per heavy atom. The maximum Gasteiger partial charge on any atom is 0.325 e. The van der Waals surface area contributed by atoms with E-state index < -0.39 is 23.1 Å². The lowest BCUT2D eigenvalue weighted by molar-refractivity contribution is -0.147. The number of hydrogen-bond donors (Lipinski definition) is 1. The molecule has 1 aromatic rings. The molecule has 1 aromatic carbocycles. The number of benzene rings is 1. The Morgan fingerprint density at radius 3 is 2.44 bits per heavy atom. The highest BCUT2D eigenvalue weighted by atomic mass is 19.2. The van der Waals surface area contributed by atoms with Crippen LogP contribution in [-0.4, -0.2) is 18.6 Å². The summed E-state index contributed by atoms with van der Waals surface area (Å²) in [6.07, 6.45) is 0. The predicted octanol–water partition coefficient (Wildman–Crippen LogP) is 2.57. The molecule has 100 valence electrons. The van der Waals surface area contributed by atoms with Crippen molar-refractivity contribution in [3.8, 4) is 0 Å². The van der Waals surface area contributed by atoms with E-state index in [1.807, 2.05) is 0 Å². The molecule has 5 heteroatoms. The molecule has 0 heterocycles. The van der Waals surface area contributed by atoms with E-state index in [1.54, 1.807) is 20.8 Å². The van der Waals surface area contributed by atoms with Crippen LogP contribution in [0, 0.1) is 11.6 Å². The highest BCUT2D eigenvalue weighted by molar-refractivity contribution is 5.79. The van der Waals surface area contributed by atoms with Crippen molar-refractivity contribution in [1.82, 2.24) is 5.32 Å². The quantitative estimate of drug-likeness (QED) is 0.842. The van der Waals surface area contributed by atoms with Crippen LogP contribution < -0.4 is 5.32 Å². The monoisotopic (exact) mass is 257 g/mol. The molecule has 0 aliphatic rings. The van der Waals surface area contributed by atoms with Crippen molar-refractivity contribution in [3.63, 3.8) is 0 Å². The van der Waals surface area contributed by atoms with Crippen molar-refractivity contribution in [2.45, 2.75) is 32.4 Å². The molecule has 0 aromatic heterocycles. The zero-order valence-electron chi connectivity index (χ0n) is 10.9. The van der Waals surface area contributed by atoms with Gasteiger partial charge in [-0.05, 0) is 38.5 Å². The van der Waals surface area contributed by atoms with Gasteiger partial charge in [0, 0.05) is 6.04 Å². The first-order chi connectivity index (χ1) is 8.27. The predicted molar refractivity (Wildman–Crippen MR) is 64.0 cm³/mol. The van der Waals surface area contributed by atoms with Crippen LogP contribution in [0.5, 0.6) is 0 Å². The van der Waals surface area contributed by atoms with Gasteiger partial charge in [-0.3, -0.25) is 10.1 Å². The number of carbonyl (C=O) groups excluding carboxylic acids is 1. The molecule has 0 aliphatic heterocycles. The van der Waals surface area contributed by atoms with Crippen LogP contribution in [0.1, 0.15) is 32.4 Å². The minimum atomic E-state index is -0.906. The molecule has 0 bridgehead atoms. The fourth-order valence-electron chi connectivity index (χ4n) is 1.72. The molecule has 0 radical (unpaired) electrons. The summed E-state index contributed by atoms with van der Waals surface area (Å²) in [6, 6.07) is 3.34. The van der Waals surface area contributed by atoms with Crippen LogP contribution in [0.4, 0.5) is 8.78 Å². The second-order valence-electron chi connectivity index (χ2n) is 4.66. The van der Waals surface area contributed by atoms with E-state index in [9.17, 15) is 13.6 Å². The number of ether oxygens (including phenoxy) is 1. The summed E-state index contributed by atoms with van der Waals surface area (Å²) in [5.41, 5.74) is -0.343. The minimum Gasteiger partial charge on any atom is -0.468 e. The van der Waals surface area contributed by atoms with Gasteiger partial charge in [-0.15, -0.1) is 0 Å². The van der Waals surface area contributed by atoms with Gasteiger partial charge in [-0.25, -0.2) is 8.78 Å². The van der Waals surface area contributed by atoms with Crippen LogP contribution >= 0.6 is 0 Å². The number of halogens is 2. The van der Waals surface area contributed by atoms with Gasteiger partial charge in [0.05, 0.1) is 7.11 Å². The summed E-state index contributed by atoms with van der Waals surface area (Å²) in [4.78, 5) is 11.5. The van der Waals surface area contributed by atoms with Crippen LogP contribution in [0.15, 0.2) is 18.2 Å². The highest BCUT2D eigenvalue weighted by Crippen LogP contribution is 2.19. The summed E-state index contributed by atoms with van der Waals surface area (Å²) < 4.78 is 30.6. The molecule has 0 fully saturated rings. The number of carbonyl (C=O) groups is 1. The zero-order chi connectivity index (χ0) is 13.9. The van der Waals surface area contributed by atoms with E-state index in [-0.39, 0.29) is 6.04 Å². The van der Waals surface area contributed by atoms with Crippen LogP contribution in [0.25, 0.3) is 0 Å². The van der Waals surface area contributed by atoms with Crippen molar-refractivity contribution < 1.29 is 18.3 Å². The third kappa shape index (κ3) is 3.26. The van der Waals surface area contributed by atoms with E-state index in [2.05, 4.69) is 10.1 Å². The van der Waals surface area contributed by atoms with Crippen LogP contribution in [0.3, 0.4) is 0 Å². The molecule has 0 aliphatic carbocycles. The molecule has 0 spiro atoms. The molecule has 3 nitrogen and oxygen atoms in total. The molecule has 0 amide bonds. The normalized spacial score (nSPS) is 13.2. The van der Waals surface area contributed by atoms with E-state index in [1.165, 1.54) is 13.2 Å². The van der Waals surface area contributed by atoms with Gasteiger partial charge in [-0.2, -0.15) is 0 Å². The molecule has 0 saturated carbocycles. The van der Waals surface area contributed by atoms with Crippen molar-refractivity contribution in [1.29, 1.82) is 0 Å². The minimum absolute atomic E-state index is 0.311. The standard InChI is InChI=1S/C13H17F2NO2/c1-8(16-13(2,3)12(17)18-4)9-5-6-10(14)11(15)7-9/h5-8,16H,1-4H3. The largest absolute Gasteiger partial charge is 0.468 e. The van der Waals surface area contributed by atoms with Crippen molar-refractivity contribution in [2.75, 3.05) is 7.11 Å². The Balaban J connectivity index is 2.85. The smallest absolute Gasteiger partial charge is 0.325 e. The summed E-state index contributed by atoms with van der Waals surface area (Å²) in [5.74, 6) is -2.22. The van der Waals surface area contributed by atoms with E-state index in [0.29, 0.717) is 5.56 Å². The molecule has 1 unspecified atom stereocenters. The molecule has 18 heavy (non-hydrogen) atoms. The zero-order valence-corrected chi connectivity index (χ0v) is 10.9. The first-order valence-corrected chi connectivity index (χ1v) is 5.59. The Kier molecular flexibility index (Phi) is 4.40. The maximum atomic E-state index is 13.1.